The van der Waals surface area contributed by atoms with Crippen molar-refractivity contribution in [2.75, 3.05) is 31.9 Å². The summed E-state index contributed by atoms with van der Waals surface area (Å²) in [4.78, 5) is 32.4. The normalized spacial score (nSPS) is 12.4. The minimum absolute atomic E-state index is 0.00766. The van der Waals surface area contributed by atoms with Crippen molar-refractivity contribution in [2.24, 2.45) is 4.99 Å². The molecule has 0 aromatic carbocycles. The summed E-state index contributed by atoms with van der Waals surface area (Å²) in [6, 6.07) is 0. The number of carbonyl (C=O) groups excluding carboxylic acids is 2. The Morgan fingerprint density at radius 3 is 1.42 bits per heavy atom. The van der Waals surface area contributed by atoms with E-state index >= 15 is 0 Å². The van der Waals surface area contributed by atoms with Gasteiger partial charge in [-0.1, -0.05) is 163 Å². The molecule has 62 heavy (non-hydrogen) atoms. The number of nitrogens with zero attached hydrogens (tertiary/aromatic N) is 4. The Kier molecular flexibility index (Phi) is 39.0. The quantitative estimate of drug-likeness (QED) is 0.0188. The second kappa shape index (κ2) is 42.2. The molecule has 1 aromatic heterocycles. The summed E-state index contributed by atoms with van der Waals surface area (Å²) in [5.41, 5.74) is 8.05. The van der Waals surface area contributed by atoms with Crippen molar-refractivity contribution in [3.8, 4) is 0 Å². The maximum atomic E-state index is 12.9. The second-order valence-electron chi connectivity index (χ2n) is 17.9. The Labute approximate surface area is 379 Å². The molecule has 0 aliphatic carbocycles. The smallest absolute Gasteiger partial charge is 0.306 e. The van der Waals surface area contributed by atoms with Gasteiger partial charge in [-0.15, -0.1) is 0 Å². The van der Waals surface area contributed by atoms with Gasteiger partial charge in [0.1, 0.15) is 12.2 Å². The van der Waals surface area contributed by atoms with Crippen LogP contribution in [0.4, 0.5) is 5.82 Å². The van der Waals surface area contributed by atoms with Crippen LogP contribution in [0.15, 0.2) is 9.62 Å². The molecule has 1 unspecified atom stereocenters. The van der Waals surface area contributed by atoms with Crippen molar-refractivity contribution < 1.29 is 28.9 Å². The van der Waals surface area contributed by atoms with Gasteiger partial charge in [0.05, 0.1) is 0 Å². The van der Waals surface area contributed by atoms with Crippen LogP contribution in [0.1, 0.15) is 258 Å². The number of anilines is 1. The Morgan fingerprint density at radius 2 is 0.984 bits per heavy atom. The van der Waals surface area contributed by atoms with Crippen LogP contribution in [0.5, 0.6) is 0 Å². The second-order valence-corrected chi connectivity index (χ2v) is 17.9. The number of esters is 2. The molecule has 0 saturated carbocycles. The summed E-state index contributed by atoms with van der Waals surface area (Å²) in [6.07, 6.45) is 39.2. The third-order valence-corrected chi connectivity index (χ3v) is 12.1. The van der Waals surface area contributed by atoms with Crippen LogP contribution in [0.2, 0.25) is 0 Å². The fourth-order valence-electron chi connectivity index (χ4n) is 8.17. The fraction of sp³-hybridized carbons (Fsp3) is 0.900. The number of ether oxygens (including phenoxy) is 2. The van der Waals surface area contributed by atoms with Crippen LogP contribution in [0.25, 0.3) is 0 Å². The van der Waals surface area contributed by atoms with Gasteiger partial charge < -0.3 is 20.1 Å². The monoisotopic (exact) mass is 877 g/mol. The van der Waals surface area contributed by atoms with Crippen LogP contribution in [-0.2, 0) is 19.1 Å². The first-order chi connectivity index (χ1) is 30.4. The maximum Gasteiger partial charge on any atom is 0.306 e. The highest BCUT2D eigenvalue weighted by molar-refractivity contribution is 5.99. The van der Waals surface area contributed by atoms with Crippen molar-refractivity contribution in [1.82, 2.24) is 20.7 Å². The predicted molar refractivity (Wildman–Crippen MR) is 256 cm³/mol. The van der Waals surface area contributed by atoms with Gasteiger partial charge in [0.15, 0.2) is 17.3 Å². The molecule has 0 amide bonds. The zero-order chi connectivity index (χ0) is 45.1. The predicted octanol–water partition coefficient (Wildman–Crippen LogP) is 13.2. The summed E-state index contributed by atoms with van der Waals surface area (Å²) in [5.74, 6) is 0.180. The number of nitrogen functional groups attached to an aromatic ring is 1. The molecule has 0 spiro atoms. The summed E-state index contributed by atoms with van der Waals surface area (Å²) < 4.78 is 16.5. The van der Waals surface area contributed by atoms with Crippen molar-refractivity contribution in [2.45, 2.75) is 265 Å². The molecule has 12 nitrogen and oxygen atoms in total. The van der Waals surface area contributed by atoms with Gasteiger partial charge in [-0.3, -0.25) is 25.3 Å². The highest BCUT2D eigenvalue weighted by Crippen LogP contribution is 2.19. The molecular formula is C50H96N6O6. The lowest BCUT2D eigenvalue weighted by Crippen LogP contribution is -2.28. The number of hydroxylamine groups is 1. The van der Waals surface area contributed by atoms with Crippen LogP contribution >= 0.6 is 0 Å². The Hall–Kier alpha value is -2.73. The molecule has 1 heterocycles. The van der Waals surface area contributed by atoms with Gasteiger partial charge in [-0.2, -0.15) is 0 Å². The zero-order valence-electron chi connectivity index (χ0n) is 40.6. The third-order valence-electron chi connectivity index (χ3n) is 12.1. The van der Waals surface area contributed by atoms with E-state index in [0.29, 0.717) is 19.4 Å². The van der Waals surface area contributed by atoms with Crippen LogP contribution < -0.4 is 11.2 Å². The number of aliphatic imine (C=N–C) groups is 1. The largest absolute Gasteiger partial charge is 0.462 e. The minimum Gasteiger partial charge on any atom is -0.462 e. The summed E-state index contributed by atoms with van der Waals surface area (Å²) >= 11 is 0. The summed E-state index contributed by atoms with van der Waals surface area (Å²) in [5, 5.41) is 16.9. The van der Waals surface area contributed by atoms with E-state index in [1.165, 1.54) is 96.3 Å². The molecule has 1 rings (SSSR count). The van der Waals surface area contributed by atoms with Crippen LogP contribution in [0.3, 0.4) is 0 Å². The lowest BCUT2D eigenvalue weighted by atomic mass is 10.0. The van der Waals surface area contributed by atoms with Crippen molar-refractivity contribution >= 4 is 23.6 Å². The number of rotatable bonds is 45. The van der Waals surface area contributed by atoms with Crippen LogP contribution in [-0.4, -0.2) is 76.6 Å². The van der Waals surface area contributed by atoms with E-state index in [2.05, 4.69) is 58.0 Å². The standard InChI is InChI=1S/C50H96N6O6/c1-5-9-12-15-20-27-35-44(8-4)60-46(57)38-30-23-18-25-32-41-56(43-34-40-52-50(53-59)48-49(51)55-62-54-48)42-33-26-19-24-31-39-47(58)61-45(36-28-21-16-13-10-6-2)37-29-22-17-14-11-7-3/h44-45,59H,5-43H2,1-4H3,(H2,51,55)(H,52,53). The van der Waals surface area contributed by atoms with E-state index in [1.807, 2.05) is 0 Å². The first-order valence-electron chi connectivity index (χ1n) is 26.0. The highest BCUT2D eigenvalue weighted by Gasteiger charge is 2.16. The molecule has 362 valence electrons. The van der Waals surface area contributed by atoms with E-state index in [4.69, 9.17) is 15.2 Å². The van der Waals surface area contributed by atoms with E-state index in [1.54, 1.807) is 0 Å². The molecule has 0 aliphatic heterocycles. The first kappa shape index (κ1) is 57.3. The number of unbranched alkanes of at least 4 members (excludes halogenated alkanes) is 23. The van der Waals surface area contributed by atoms with Crippen LogP contribution in [0, 0.1) is 0 Å². The number of hydrogen-bond donors (Lipinski definition) is 3. The summed E-state index contributed by atoms with van der Waals surface area (Å²) in [6.45, 7) is 12.3. The first-order valence-corrected chi connectivity index (χ1v) is 26.0. The Bertz CT molecular complexity index is 1180. The van der Waals surface area contributed by atoms with Gasteiger partial charge in [-0.05, 0) is 107 Å². The third kappa shape index (κ3) is 32.9. The molecule has 0 saturated heterocycles. The number of nitrogens with one attached hydrogen (secondary N) is 1. The summed E-state index contributed by atoms with van der Waals surface area (Å²) in [7, 11) is 0. The molecule has 0 fully saturated rings. The molecule has 0 aliphatic rings. The lowest BCUT2D eigenvalue weighted by Gasteiger charge is -2.22. The minimum atomic E-state index is -0.0371. The number of amidine groups is 1. The zero-order valence-corrected chi connectivity index (χ0v) is 40.6. The average molecular weight is 877 g/mol. The van der Waals surface area contributed by atoms with Crippen molar-refractivity contribution in [3.63, 3.8) is 0 Å². The van der Waals surface area contributed by atoms with E-state index in [-0.39, 0.29) is 41.5 Å². The number of hydrogen-bond acceptors (Lipinski definition) is 11. The van der Waals surface area contributed by atoms with Gasteiger partial charge in [0.2, 0.25) is 0 Å². The molecule has 1 atom stereocenters. The van der Waals surface area contributed by atoms with Crippen molar-refractivity contribution in [3.05, 3.63) is 5.69 Å². The topological polar surface area (TPSA) is 165 Å². The highest BCUT2D eigenvalue weighted by atomic mass is 16.6. The van der Waals surface area contributed by atoms with Gasteiger partial charge in [-0.25, -0.2) is 4.63 Å². The fourth-order valence-corrected chi connectivity index (χ4v) is 8.17. The van der Waals surface area contributed by atoms with E-state index < -0.39 is 0 Å². The number of aromatic nitrogens is 2. The average Bonchev–Trinajstić information content (AvgIpc) is 3.70. The maximum absolute atomic E-state index is 12.9. The Morgan fingerprint density at radius 1 is 0.581 bits per heavy atom. The molecule has 4 N–H and O–H groups in total. The number of nitrogens with two attached hydrogens (primary N) is 1. The molecule has 12 heteroatoms. The van der Waals surface area contributed by atoms with E-state index in [9.17, 15) is 14.8 Å². The van der Waals surface area contributed by atoms with Gasteiger partial charge >= 0.3 is 11.9 Å². The van der Waals surface area contributed by atoms with Gasteiger partial charge in [0.25, 0.3) is 0 Å². The SMILES string of the molecule is CCCCCCCCC(CC)OC(=O)CCCCCCCN(CCCCCCCC(=O)OC(CCCCCCCC)CCCCCCCC)CCCN=C(NO)c1nonc1N. The molecule has 0 bridgehead atoms. The number of carbonyl (C=O) groups is 2. The van der Waals surface area contributed by atoms with Gasteiger partial charge in [0, 0.05) is 19.4 Å². The molecule has 1 aromatic rings. The molecular weight excluding hydrogens is 781 g/mol. The van der Waals surface area contributed by atoms with Crippen molar-refractivity contribution in [1.29, 1.82) is 0 Å². The Balaban J connectivity index is 2.45. The molecule has 0 radical (unpaired) electrons. The van der Waals surface area contributed by atoms with E-state index in [0.717, 1.165) is 135 Å². The lowest BCUT2D eigenvalue weighted by molar-refractivity contribution is -0.150.